The molecule has 1 aromatic heterocycles. The minimum Gasteiger partial charge on any atom is -0.478 e. The number of benzene rings is 1. The molecule has 5 heteroatoms. The summed E-state index contributed by atoms with van der Waals surface area (Å²) >= 11 is 0. The number of aromatic carboxylic acids is 1. The van der Waals surface area contributed by atoms with E-state index < -0.39 is 5.97 Å². The molecule has 2 aromatic rings. The Morgan fingerprint density at radius 1 is 1.38 bits per heavy atom. The number of carboxylic acids is 1. The third kappa shape index (κ3) is 3.09. The highest BCUT2D eigenvalue weighted by Gasteiger charge is 2.20. The van der Waals surface area contributed by atoms with E-state index >= 15 is 0 Å². The minimum absolute atomic E-state index is 0.259. The van der Waals surface area contributed by atoms with Gasteiger partial charge in [-0.15, -0.1) is 0 Å². The van der Waals surface area contributed by atoms with E-state index in [2.05, 4.69) is 5.32 Å². The molecule has 1 unspecified atom stereocenters. The van der Waals surface area contributed by atoms with E-state index in [0.29, 0.717) is 29.4 Å². The Morgan fingerprint density at radius 3 is 3.00 bits per heavy atom. The number of hydrogen-bond acceptors (Lipinski definition) is 4. The Bertz CT molecular complexity index is 628. The van der Waals surface area contributed by atoms with Gasteiger partial charge in [-0.05, 0) is 31.9 Å². The van der Waals surface area contributed by atoms with Crippen molar-refractivity contribution in [2.75, 3.05) is 13.2 Å². The van der Waals surface area contributed by atoms with Gasteiger partial charge in [0.1, 0.15) is 16.9 Å². The lowest BCUT2D eigenvalue weighted by atomic mass is 10.1. The lowest BCUT2D eigenvalue weighted by Gasteiger charge is -2.09. The summed E-state index contributed by atoms with van der Waals surface area (Å²) in [6, 6.07) is 7.22. The maximum Gasteiger partial charge on any atom is 0.339 e. The van der Waals surface area contributed by atoms with Crippen molar-refractivity contribution < 1.29 is 19.1 Å². The standard InChI is InChI=1S/C16H19NO4/c18-16(19)15-12-5-1-2-6-13(12)21-14(15)10-17-8-7-11-4-3-9-20-11/h1-2,5-6,11,17H,3-4,7-10H2,(H,18,19). The van der Waals surface area contributed by atoms with Crippen LogP contribution in [0.15, 0.2) is 28.7 Å². The number of hydrogen-bond donors (Lipinski definition) is 2. The lowest BCUT2D eigenvalue weighted by molar-refractivity contribution is 0.0695. The highest BCUT2D eigenvalue weighted by molar-refractivity contribution is 6.03. The molecular formula is C16H19NO4. The molecule has 0 aliphatic carbocycles. The van der Waals surface area contributed by atoms with E-state index in [0.717, 1.165) is 32.4 Å². The van der Waals surface area contributed by atoms with Gasteiger partial charge in [0.25, 0.3) is 0 Å². The molecule has 2 N–H and O–H groups in total. The molecule has 0 saturated carbocycles. The van der Waals surface area contributed by atoms with E-state index in [1.165, 1.54) is 0 Å². The molecule has 1 saturated heterocycles. The Balaban J connectivity index is 1.65. The maximum absolute atomic E-state index is 11.4. The van der Waals surface area contributed by atoms with E-state index in [1.54, 1.807) is 12.1 Å². The molecule has 21 heavy (non-hydrogen) atoms. The van der Waals surface area contributed by atoms with Gasteiger partial charge in [0.05, 0.1) is 12.6 Å². The molecule has 0 amide bonds. The molecule has 1 aliphatic heterocycles. The number of furan rings is 1. The zero-order valence-corrected chi connectivity index (χ0v) is 11.8. The van der Waals surface area contributed by atoms with E-state index in [-0.39, 0.29) is 5.56 Å². The summed E-state index contributed by atoms with van der Waals surface area (Å²) < 4.78 is 11.2. The summed E-state index contributed by atoms with van der Waals surface area (Å²) in [6.07, 6.45) is 3.54. The molecule has 0 spiro atoms. The van der Waals surface area contributed by atoms with Crippen LogP contribution in [0, 0.1) is 0 Å². The second-order valence-corrected chi connectivity index (χ2v) is 5.30. The molecule has 3 rings (SSSR count). The van der Waals surface area contributed by atoms with Crippen LogP contribution in [0.4, 0.5) is 0 Å². The Hall–Kier alpha value is -1.85. The highest BCUT2D eigenvalue weighted by Crippen LogP contribution is 2.25. The van der Waals surface area contributed by atoms with Crippen molar-refractivity contribution >= 4 is 16.9 Å². The summed E-state index contributed by atoms with van der Waals surface area (Å²) in [4.78, 5) is 11.4. The molecule has 1 aromatic carbocycles. The van der Waals surface area contributed by atoms with Crippen molar-refractivity contribution in [2.45, 2.75) is 31.9 Å². The number of rotatable bonds is 6. The summed E-state index contributed by atoms with van der Waals surface area (Å²) in [7, 11) is 0. The minimum atomic E-state index is -0.948. The van der Waals surface area contributed by atoms with Crippen molar-refractivity contribution in [3.63, 3.8) is 0 Å². The van der Waals surface area contributed by atoms with Gasteiger partial charge in [-0.3, -0.25) is 0 Å². The molecule has 1 atom stereocenters. The third-order valence-electron chi connectivity index (χ3n) is 3.83. The predicted molar refractivity (Wildman–Crippen MR) is 78.5 cm³/mol. The number of para-hydroxylation sites is 1. The normalized spacial score (nSPS) is 18.4. The molecule has 1 aliphatic rings. The zero-order chi connectivity index (χ0) is 14.7. The molecule has 0 radical (unpaired) electrons. The van der Waals surface area contributed by atoms with Crippen molar-refractivity contribution in [1.82, 2.24) is 5.32 Å². The van der Waals surface area contributed by atoms with Crippen LogP contribution >= 0.6 is 0 Å². The fraction of sp³-hybridized carbons (Fsp3) is 0.438. The highest BCUT2D eigenvalue weighted by atomic mass is 16.5. The topological polar surface area (TPSA) is 71.7 Å². The van der Waals surface area contributed by atoms with Crippen LogP contribution in [0.5, 0.6) is 0 Å². The van der Waals surface area contributed by atoms with Crippen LogP contribution < -0.4 is 5.32 Å². The second-order valence-electron chi connectivity index (χ2n) is 5.30. The van der Waals surface area contributed by atoms with Gasteiger partial charge < -0.3 is 19.6 Å². The van der Waals surface area contributed by atoms with Crippen LogP contribution in [0.1, 0.15) is 35.4 Å². The Morgan fingerprint density at radius 2 is 2.24 bits per heavy atom. The van der Waals surface area contributed by atoms with E-state index in [4.69, 9.17) is 9.15 Å². The predicted octanol–water partition coefficient (Wildman–Crippen LogP) is 2.79. The van der Waals surface area contributed by atoms with Crippen molar-refractivity contribution in [2.24, 2.45) is 0 Å². The van der Waals surface area contributed by atoms with Gasteiger partial charge in [-0.25, -0.2) is 4.79 Å². The first-order valence-electron chi connectivity index (χ1n) is 7.31. The summed E-state index contributed by atoms with van der Waals surface area (Å²) in [5, 5.41) is 13.3. The monoisotopic (exact) mass is 289 g/mol. The zero-order valence-electron chi connectivity index (χ0n) is 11.8. The molecule has 0 bridgehead atoms. The van der Waals surface area contributed by atoms with E-state index in [9.17, 15) is 9.90 Å². The first-order chi connectivity index (χ1) is 10.3. The van der Waals surface area contributed by atoms with Gasteiger partial charge in [-0.1, -0.05) is 18.2 Å². The quantitative estimate of drug-likeness (QED) is 0.800. The summed E-state index contributed by atoms with van der Waals surface area (Å²) in [5.74, 6) is -0.466. The Labute approximate surface area is 122 Å². The number of fused-ring (bicyclic) bond motifs is 1. The van der Waals surface area contributed by atoms with E-state index in [1.807, 2.05) is 12.1 Å². The first-order valence-corrected chi connectivity index (χ1v) is 7.31. The summed E-state index contributed by atoms with van der Waals surface area (Å²) in [6.45, 7) is 2.07. The molecule has 112 valence electrons. The van der Waals surface area contributed by atoms with Crippen LogP contribution in [0.3, 0.4) is 0 Å². The van der Waals surface area contributed by atoms with Gasteiger partial charge in [0.2, 0.25) is 0 Å². The molecule has 5 nitrogen and oxygen atoms in total. The van der Waals surface area contributed by atoms with Gasteiger partial charge in [-0.2, -0.15) is 0 Å². The number of nitrogens with one attached hydrogen (secondary N) is 1. The fourth-order valence-corrected chi connectivity index (χ4v) is 2.79. The molecular weight excluding hydrogens is 270 g/mol. The Kier molecular flexibility index (Phi) is 4.22. The van der Waals surface area contributed by atoms with Crippen LogP contribution in [-0.4, -0.2) is 30.3 Å². The second kappa shape index (κ2) is 6.28. The average Bonchev–Trinajstić information content (AvgIpc) is 3.10. The van der Waals surface area contributed by atoms with Crippen LogP contribution in [0.2, 0.25) is 0 Å². The van der Waals surface area contributed by atoms with Crippen LogP contribution in [-0.2, 0) is 11.3 Å². The SMILES string of the molecule is O=C(O)c1c(CNCCC2CCCO2)oc2ccccc12. The number of carboxylic acid groups (broad SMARTS) is 1. The van der Waals surface area contributed by atoms with Crippen molar-refractivity contribution in [3.8, 4) is 0 Å². The molecule has 1 fully saturated rings. The number of carbonyl (C=O) groups is 1. The third-order valence-corrected chi connectivity index (χ3v) is 3.83. The largest absolute Gasteiger partial charge is 0.478 e. The van der Waals surface area contributed by atoms with Crippen molar-refractivity contribution in [3.05, 3.63) is 35.6 Å². The van der Waals surface area contributed by atoms with Crippen LogP contribution in [0.25, 0.3) is 11.0 Å². The maximum atomic E-state index is 11.4. The average molecular weight is 289 g/mol. The van der Waals surface area contributed by atoms with Gasteiger partial charge in [0.15, 0.2) is 0 Å². The summed E-state index contributed by atoms with van der Waals surface area (Å²) in [5.41, 5.74) is 0.876. The van der Waals surface area contributed by atoms with Crippen molar-refractivity contribution in [1.29, 1.82) is 0 Å². The fourth-order valence-electron chi connectivity index (χ4n) is 2.79. The number of ether oxygens (including phenoxy) is 1. The smallest absolute Gasteiger partial charge is 0.339 e. The van der Waals surface area contributed by atoms with Gasteiger partial charge >= 0.3 is 5.97 Å². The lowest BCUT2D eigenvalue weighted by Crippen LogP contribution is -2.20. The molecule has 2 heterocycles. The first kappa shape index (κ1) is 14.1. The van der Waals surface area contributed by atoms with Gasteiger partial charge in [0, 0.05) is 12.0 Å².